The number of nitrogens with one attached hydrogen (secondary N) is 2. The van der Waals surface area contributed by atoms with Crippen LogP contribution >= 0.6 is 11.3 Å². The summed E-state index contributed by atoms with van der Waals surface area (Å²) < 4.78 is 1.97. The Morgan fingerprint density at radius 2 is 2.30 bits per heavy atom. The van der Waals surface area contributed by atoms with Crippen LogP contribution in [0, 0.1) is 19.8 Å². The van der Waals surface area contributed by atoms with E-state index in [1.54, 1.807) is 6.20 Å². The minimum Gasteiger partial charge on any atom is -0.337 e. The lowest BCUT2D eigenvalue weighted by Crippen LogP contribution is -2.33. The molecule has 2 aromatic rings. The van der Waals surface area contributed by atoms with E-state index >= 15 is 0 Å². The molecule has 2 amide bonds. The number of carbonyl (C=O) groups is 1. The fraction of sp³-hybridized carbons (Fsp3) is 0.462. The zero-order valence-corrected chi connectivity index (χ0v) is 12.7. The first-order valence-electron chi connectivity index (χ1n) is 6.50. The number of aromatic nitrogens is 3. The SMILES string of the molecule is Cc1cc(C)n(C[C@H](C)CNC(=O)Nc2nccs2)n1. The minimum atomic E-state index is -0.222. The van der Waals surface area contributed by atoms with Crippen molar-refractivity contribution in [2.24, 2.45) is 5.92 Å². The van der Waals surface area contributed by atoms with E-state index in [1.807, 2.05) is 23.9 Å². The zero-order chi connectivity index (χ0) is 14.5. The lowest BCUT2D eigenvalue weighted by Gasteiger charge is -2.14. The first kappa shape index (κ1) is 14.5. The van der Waals surface area contributed by atoms with Crippen LogP contribution in [-0.4, -0.2) is 27.3 Å². The molecule has 1 atom stereocenters. The summed E-state index contributed by atoms with van der Waals surface area (Å²) in [5, 5.41) is 12.4. The molecule has 0 aromatic carbocycles. The van der Waals surface area contributed by atoms with E-state index in [-0.39, 0.29) is 6.03 Å². The molecule has 0 saturated heterocycles. The van der Waals surface area contributed by atoms with Crippen LogP contribution < -0.4 is 10.6 Å². The van der Waals surface area contributed by atoms with Crippen LogP contribution in [0.2, 0.25) is 0 Å². The van der Waals surface area contributed by atoms with Crippen molar-refractivity contribution < 1.29 is 4.79 Å². The monoisotopic (exact) mass is 293 g/mol. The Hall–Kier alpha value is -1.89. The number of nitrogens with zero attached hydrogens (tertiary/aromatic N) is 3. The molecular formula is C13H19N5OS. The standard InChI is InChI=1S/C13H19N5OS/c1-9(8-18-11(3)6-10(2)17-18)7-15-12(19)16-13-14-4-5-20-13/h4-6,9H,7-8H2,1-3H3,(H2,14,15,16,19)/t9-/m1/s1. The summed E-state index contributed by atoms with van der Waals surface area (Å²) >= 11 is 1.40. The molecule has 2 heterocycles. The number of aryl methyl sites for hydroxylation is 2. The Balaban J connectivity index is 1.76. The highest BCUT2D eigenvalue weighted by atomic mass is 32.1. The van der Waals surface area contributed by atoms with Gasteiger partial charge in [0.1, 0.15) is 0 Å². The van der Waals surface area contributed by atoms with Gasteiger partial charge in [-0.2, -0.15) is 5.10 Å². The summed E-state index contributed by atoms with van der Waals surface area (Å²) in [5.41, 5.74) is 2.16. The molecule has 0 saturated carbocycles. The molecule has 0 spiro atoms. The van der Waals surface area contributed by atoms with Crippen LogP contribution in [0.5, 0.6) is 0 Å². The van der Waals surface area contributed by atoms with Gasteiger partial charge in [-0.25, -0.2) is 9.78 Å². The highest BCUT2D eigenvalue weighted by Crippen LogP contribution is 2.10. The van der Waals surface area contributed by atoms with E-state index in [2.05, 4.69) is 33.7 Å². The third-order valence-corrected chi connectivity index (χ3v) is 3.54. The number of hydrogen-bond donors (Lipinski definition) is 2. The summed E-state index contributed by atoms with van der Waals surface area (Å²) in [4.78, 5) is 15.7. The van der Waals surface area contributed by atoms with Gasteiger partial charge >= 0.3 is 6.03 Å². The number of amides is 2. The molecule has 7 heteroatoms. The van der Waals surface area contributed by atoms with E-state index in [0.717, 1.165) is 17.9 Å². The lowest BCUT2D eigenvalue weighted by molar-refractivity contribution is 0.249. The largest absolute Gasteiger partial charge is 0.337 e. The van der Waals surface area contributed by atoms with Crippen LogP contribution in [0.25, 0.3) is 0 Å². The van der Waals surface area contributed by atoms with Gasteiger partial charge in [0.25, 0.3) is 0 Å². The van der Waals surface area contributed by atoms with Gasteiger partial charge in [0, 0.05) is 30.4 Å². The Bertz CT molecular complexity index is 563. The van der Waals surface area contributed by atoms with Crippen molar-refractivity contribution in [2.45, 2.75) is 27.3 Å². The van der Waals surface area contributed by atoms with Crippen molar-refractivity contribution in [3.05, 3.63) is 29.0 Å². The summed E-state index contributed by atoms with van der Waals surface area (Å²) in [5.74, 6) is 0.301. The van der Waals surface area contributed by atoms with Gasteiger partial charge in [-0.05, 0) is 25.8 Å². The molecule has 0 radical (unpaired) electrons. The third kappa shape index (κ3) is 4.06. The molecule has 0 aliphatic carbocycles. The quantitative estimate of drug-likeness (QED) is 0.889. The van der Waals surface area contributed by atoms with Crippen LogP contribution in [0.3, 0.4) is 0 Å². The smallest absolute Gasteiger partial charge is 0.321 e. The minimum absolute atomic E-state index is 0.222. The average Bonchev–Trinajstić information content (AvgIpc) is 2.98. The second-order valence-electron chi connectivity index (χ2n) is 4.89. The number of carbonyl (C=O) groups excluding carboxylic acids is 1. The molecular weight excluding hydrogens is 274 g/mol. The predicted molar refractivity (Wildman–Crippen MR) is 80.0 cm³/mol. The molecule has 20 heavy (non-hydrogen) atoms. The second kappa shape index (κ2) is 6.51. The first-order valence-corrected chi connectivity index (χ1v) is 7.38. The first-order chi connectivity index (χ1) is 9.54. The molecule has 0 aliphatic rings. The molecule has 0 fully saturated rings. The van der Waals surface area contributed by atoms with Gasteiger partial charge in [0.15, 0.2) is 5.13 Å². The fourth-order valence-electron chi connectivity index (χ4n) is 1.91. The van der Waals surface area contributed by atoms with Gasteiger partial charge in [0.2, 0.25) is 0 Å². The summed E-state index contributed by atoms with van der Waals surface area (Å²) in [7, 11) is 0. The average molecular weight is 293 g/mol. The summed E-state index contributed by atoms with van der Waals surface area (Å²) in [6, 6.07) is 1.83. The van der Waals surface area contributed by atoms with Gasteiger partial charge in [0.05, 0.1) is 5.69 Å². The maximum Gasteiger partial charge on any atom is 0.321 e. The van der Waals surface area contributed by atoms with Crippen molar-refractivity contribution in [2.75, 3.05) is 11.9 Å². The predicted octanol–water partition coefficient (Wildman–Crippen LogP) is 2.41. The van der Waals surface area contributed by atoms with Crippen LogP contribution in [0.4, 0.5) is 9.93 Å². The molecule has 6 nitrogen and oxygen atoms in total. The van der Waals surface area contributed by atoms with Crippen LogP contribution in [0.1, 0.15) is 18.3 Å². The number of rotatable bonds is 5. The van der Waals surface area contributed by atoms with Gasteiger partial charge in [-0.15, -0.1) is 11.3 Å². The molecule has 2 aromatic heterocycles. The molecule has 0 aliphatic heterocycles. The van der Waals surface area contributed by atoms with E-state index < -0.39 is 0 Å². The highest BCUT2D eigenvalue weighted by Gasteiger charge is 2.09. The molecule has 2 N–H and O–H groups in total. The van der Waals surface area contributed by atoms with E-state index in [4.69, 9.17) is 0 Å². The van der Waals surface area contributed by atoms with Crippen LogP contribution in [-0.2, 0) is 6.54 Å². The van der Waals surface area contributed by atoms with Gasteiger partial charge in [-0.1, -0.05) is 6.92 Å². The maximum atomic E-state index is 11.7. The molecule has 0 bridgehead atoms. The maximum absolute atomic E-state index is 11.7. The van der Waals surface area contributed by atoms with Crippen molar-refractivity contribution in [3.63, 3.8) is 0 Å². The van der Waals surface area contributed by atoms with E-state index in [0.29, 0.717) is 17.6 Å². The number of hydrogen-bond acceptors (Lipinski definition) is 4. The summed E-state index contributed by atoms with van der Waals surface area (Å²) in [6.45, 7) is 7.48. The zero-order valence-electron chi connectivity index (χ0n) is 11.9. The normalized spacial score (nSPS) is 12.2. The molecule has 108 valence electrons. The van der Waals surface area contributed by atoms with E-state index in [1.165, 1.54) is 11.3 Å². The van der Waals surface area contributed by atoms with Crippen molar-refractivity contribution in [1.82, 2.24) is 20.1 Å². The highest BCUT2D eigenvalue weighted by molar-refractivity contribution is 7.13. The molecule has 0 unspecified atom stereocenters. The van der Waals surface area contributed by atoms with Crippen molar-refractivity contribution >= 4 is 22.5 Å². The van der Waals surface area contributed by atoms with Crippen molar-refractivity contribution in [3.8, 4) is 0 Å². The summed E-state index contributed by atoms with van der Waals surface area (Å²) in [6.07, 6.45) is 1.66. The molecule has 2 rings (SSSR count). The number of thiazole rings is 1. The second-order valence-corrected chi connectivity index (χ2v) is 5.78. The Morgan fingerprint density at radius 3 is 2.90 bits per heavy atom. The van der Waals surface area contributed by atoms with Gasteiger partial charge < -0.3 is 5.32 Å². The number of urea groups is 1. The van der Waals surface area contributed by atoms with Gasteiger partial charge in [-0.3, -0.25) is 10.00 Å². The topological polar surface area (TPSA) is 71.8 Å². The third-order valence-electron chi connectivity index (χ3n) is 2.85. The Kier molecular flexibility index (Phi) is 4.73. The van der Waals surface area contributed by atoms with Crippen LogP contribution in [0.15, 0.2) is 17.6 Å². The van der Waals surface area contributed by atoms with Crippen molar-refractivity contribution in [1.29, 1.82) is 0 Å². The lowest BCUT2D eigenvalue weighted by atomic mass is 10.2. The fourth-order valence-corrected chi connectivity index (χ4v) is 2.44. The Morgan fingerprint density at radius 1 is 1.50 bits per heavy atom. The Labute approximate surface area is 122 Å². The number of anilines is 1. The van der Waals surface area contributed by atoms with E-state index in [9.17, 15) is 4.79 Å².